The lowest BCUT2D eigenvalue weighted by atomic mass is 9.90. The van der Waals surface area contributed by atoms with Gasteiger partial charge in [-0.15, -0.1) is 0 Å². The minimum absolute atomic E-state index is 0.570. The summed E-state index contributed by atoms with van der Waals surface area (Å²) in [6, 6.07) is 19.5. The Labute approximate surface area is 129 Å². The van der Waals surface area contributed by atoms with E-state index in [0.717, 1.165) is 19.0 Å². The Bertz CT molecular complexity index is 531. The highest BCUT2D eigenvalue weighted by molar-refractivity contribution is 5.67. The second kappa shape index (κ2) is 7.99. The third-order valence-electron chi connectivity index (χ3n) is 3.88. The van der Waals surface area contributed by atoms with Crippen molar-refractivity contribution in [1.82, 2.24) is 5.32 Å². The highest BCUT2D eigenvalue weighted by Gasteiger charge is 2.11. The van der Waals surface area contributed by atoms with Gasteiger partial charge in [0.2, 0.25) is 0 Å². The molecule has 21 heavy (non-hydrogen) atoms. The van der Waals surface area contributed by atoms with E-state index in [1.54, 1.807) is 0 Å². The van der Waals surface area contributed by atoms with Gasteiger partial charge in [-0.3, -0.25) is 0 Å². The van der Waals surface area contributed by atoms with E-state index in [2.05, 4.69) is 80.7 Å². The normalized spacial score (nSPS) is 12.6. The Morgan fingerprint density at radius 3 is 2.24 bits per heavy atom. The first-order valence-corrected chi connectivity index (χ1v) is 8.03. The van der Waals surface area contributed by atoms with Crippen LogP contribution < -0.4 is 5.32 Å². The Morgan fingerprint density at radius 1 is 0.857 bits per heavy atom. The molecule has 0 saturated carbocycles. The molecule has 0 aromatic heterocycles. The largest absolute Gasteiger partial charge is 0.316 e. The van der Waals surface area contributed by atoms with Gasteiger partial charge in [-0.25, -0.2) is 0 Å². The first-order chi connectivity index (χ1) is 10.2. The van der Waals surface area contributed by atoms with Crippen molar-refractivity contribution >= 4 is 0 Å². The van der Waals surface area contributed by atoms with Crippen molar-refractivity contribution in [3.63, 3.8) is 0 Å². The van der Waals surface area contributed by atoms with Crippen LogP contribution in [0.1, 0.15) is 38.7 Å². The topological polar surface area (TPSA) is 12.0 Å². The van der Waals surface area contributed by atoms with Crippen LogP contribution >= 0.6 is 0 Å². The van der Waals surface area contributed by atoms with Gasteiger partial charge in [-0.1, -0.05) is 75.4 Å². The fourth-order valence-electron chi connectivity index (χ4n) is 2.67. The maximum atomic E-state index is 3.54. The molecule has 112 valence electrons. The molecule has 2 rings (SSSR count). The number of hydrogen-bond donors (Lipinski definition) is 1. The maximum absolute atomic E-state index is 3.54. The van der Waals surface area contributed by atoms with Gasteiger partial charge in [-0.05, 0) is 48.0 Å². The van der Waals surface area contributed by atoms with Gasteiger partial charge >= 0.3 is 0 Å². The Kier molecular flexibility index (Phi) is 6.01. The van der Waals surface area contributed by atoms with Crippen LogP contribution in [0.15, 0.2) is 54.6 Å². The quantitative estimate of drug-likeness (QED) is 0.697. The molecule has 0 spiro atoms. The zero-order valence-corrected chi connectivity index (χ0v) is 13.5. The van der Waals surface area contributed by atoms with Crippen molar-refractivity contribution in [3.8, 4) is 11.1 Å². The van der Waals surface area contributed by atoms with Crippen LogP contribution in [0.4, 0.5) is 0 Å². The van der Waals surface area contributed by atoms with Gasteiger partial charge in [0.05, 0.1) is 0 Å². The van der Waals surface area contributed by atoms with Crippen molar-refractivity contribution in [1.29, 1.82) is 0 Å². The number of rotatable bonds is 7. The van der Waals surface area contributed by atoms with E-state index in [1.807, 2.05) is 0 Å². The first-order valence-electron chi connectivity index (χ1n) is 8.03. The van der Waals surface area contributed by atoms with Crippen LogP contribution in [0.3, 0.4) is 0 Å². The van der Waals surface area contributed by atoms with Crippen molar-refractivity contribution in [2.75, 3.05) is 13.1 Å². The summed E-state index contributed by atoms with van der Waals surface area (Å²) in [5.74, 6) is 1.29. The van der Waals surface area contributed by atoms with Gasteiger partial charge in [0.25, 0.3) is 0 Å². The van der Waals surface area contributed by atoms with Crippen LogP contribution in [-0.2, 0) is 0 Å². The third kappa shape index (κ3) is 4.71. The highest BCUT2D eigenvalue weighted by atomic mass is 14.8. The lowest BCUT2D eigenvalue weighted by molar-refractivity contribution is 0.525. The average molecular weight is 281 g/mol. The van der Waals surface area contributed by atoms with Crippen molar-refractivity contribution in [3.05, 3.63) is 60.2 Å². The van der Waals surface area contributed by atoms with E-state index in [1.165, 1.54) is 23.1 Å². The summed E-state index contributed by atoms with van der Waals surface area (Å²) >= 11 is 0. The molecular weight excluding hydrogens is 254 g/mol. The predicted octanol–water partition coefficient (Wildman–Crippen LogP) is 5.09. The molecule has 0 aliphatic rings. The van der Waals surface area contributed by atoms with Crippen molar-refractivity contribution in [2.45, 2.75) is 33.1 Å². The van der Waals surface area contributed by atoms with Gasteiger partial charge in [0.1, 0.15) is 0 Å². The standard InChI is InChI=1S/C20H27N/c1-16(2)15-21-14-13-17(3)19-11-7-8-12-20(19)18-9-5-4-6-10-18/h4-12,16-17,21H,13-15H2,1-3H3. The van der Waals surface area contributed by atoms with Gasteiger partial charge in [-0.2, -0.15) is 0 Å². The van der Waals surface area contributed by atoms with E-state index in [9.17, 15) is 0 Å². The van der Waals surface area contributed by atoms with Crippen molar-refractivity contribution < 1.29 is 0 Å². The second-order valence-electron chi connectivity index (χ2n) is 6.24. The number of nitrogens with one attached hydrogen (secondary N) is 1. The molecule has 2 aromatic rings. The van der Waals surface area contributed by atoms with Crippen LogP contribution in [0.2, 0.25) is 0 Å². The summed E-state index contributed by atoms with van der Waals surface area (Å²) in [5.41, 5.74) is 4.14. The summed E-state index contributed by atoms with van der Waals surface area (Å²) in [5, 5.41) is 3.54. The predicted molar refractivity (Wildman–Crippen MR) is 92.6 cm³/mol. The SMILES string of the molecule is CC(C)CNCCC(C)c1ccccc1-c1ccccc1. The van der Waals surface area contributed by atoms with E-state index in [0.29, 0.717) is 5.92 Å². The summed E-state index contributed by atoms with van der Waals surface area (Å²) in [6.07, 6.45) is 1.18. The molecule has 1 nitrogen and oxygen atoms in total. The van der Waals surface area contributed by atoms with Gasteiger partial charge in [0.15, 0.2) is 0 Å². The summed E-state index contributed by atoms with van der Waals surface area (Å²) < 4.78 is 0. The van der Waals surface area contributed by atoms with E-state index in [4.69, 9.17) is 0 Å². The Morgan fingerprint density at radius 2 is 1.52 bits per heavy atom. The minimum atomic E-state index is 0.570. The molecule has 0 aliphatic heterocycles. The molecular formula is C20H27N. The van der Waals surface area contributed by atoms with Crippen LogP contribution in [0, 0.1) is 5.92 Å². The molecule has 0 aliphatic carbocycles. The third-order valence-corrected chi connectivity index (χ3v) is 3.88. The average Bonchev–Trinajstić information content (AvgIpc) is 2.52. The fraction of sp³-hybridized carbons (Fsp3) is 0.400. The number of benzene rings is 2. The monoisotopic (exact) mass is 281 g/mol. The number of hydrogen-bond acceptors (Lipinski definition) is 1. The Balaban J connectivity index is 2.06. The molecule has 1 unspecified atom stereocenters. The molecule has 0 fully saturated rings. The highest BCUT2D eigenvalue weighted by Crippen LogP contribution is 2.30. The molecule has 1 N–H and O–H groups in total. The van der Waals surface area contributed by atoms with Crippen molar-refractivity contribution in [2.24, 2.45) is 5.92 Å². The molecule has 0 radical (unpaired) electrons. The zero-order chi connectivity index (χ0) is 15.1. The molecule has 0 bridgehead atoms. The molecule has 1 heteroatoms. The summed E-state index contributed by atoms with van der Waals surface area (Å²) in [4.78, 5) is 0. The maximum Gasteiger partial charge on any atom is -0.00258 e. The fourth-order valence-corrected chi connectivity index (χ4v) is 2.67. The van der Waals surface area contributed by atoms with Gasteiger partial charge in [0, 0.05) is 0 Å². The minimum Gasteiger partial charge on any atom is -0.316 e. The molecule has 0 heterocycles. The first kappa shape index (κ1) is 15.8. The van der Waals surface area contributed by atoms with E-state index in [-0.39, 0.29) is 0 Å². The van der Waals surface area contributed by atoms with E-state index >= 15 is 0 Å². The van der Waals surface area contributed by atoms with Crippen LogP contribution in [0.25, 0.3) is 11.1 Å². The lowest BCUT2D eigenvalue weighted by Gasteiger charge is -2.17. The molecule has 1 atom stereocenters. The van der Waals surface area contributed by atoms with Crippen LogP contribution in [-0.4, -0.2) is 13.1 Å². The van der Waals surface area contributed by atoms with Gasteiger partial charge < -0.3 is 5.32 Å². The molecule has 2 aromatic carbocycles. The lowest BCUT2D eigenvalue weighted by Crippen LogP contribution is -2.21. The molecule has 0 saturated heterocycles. The summed E-state index contributed by atoms with van der Waals surface area (Å²) in [6.45, 7) is 9.02. The smallest absolute Gasteiger partial charge is 0.00258 e. The second-order valence-corrected chi connectivity index (χ2v) is 6.24. The zero-order valence-electron chi connectivity index (χ0n) is 13.5. The van der Waals surface area contributed by atoms with E-state index < -0.39 is 0 Å². The Hall–Kier alpha value is -1.60. The summed E-state index contributed by atoms with van der Waals surface area (Å²) in [7, 11) is 0. The molecule has 0 amide bonds. The van der Waals surface area contributed by atoms with Crippen LogP contribution in [0.5, 0.6) is 0 Å².